The van der Waals surface area contributed by atoms with Gasteiger partial charge in [0.05, 0.1) is 13.0 Å². The predicted molar refractivity (Wildman–Crippen MR) is 99.4 cm³/mol. The van der Waals surface area contributed by atoms with Gasteiger partial charge in [0.1, 0.15) is 24.7 Å². The van der Waals surface area contributed by atoms with Gasteiger partial charge in [0.25, 0.3) is 0 Å². The maximum absolute atomic E-state index is 11.2. The summed E-state index contributed by atoms with van der Waals surface area (Å²) in [5.41, 5.74) is 30.7. The molecule has 0 aromatic carbocycles. The van der Waals surface area contributed by atoms with Gasteiger partial charge in [-0.15, -0.1) is 0 Å². The van der Waals surface area contributed by atoms with Crippen molar-refractivity contribution in [2.75, 3.05) is 19.7 Å². The number of nitrogens with two attached hydrogens (primary N) is 6. The van der Waals surface area contributed by atoms with Crippen molar-refractivity contribution in [1.82, 2.24) is 0 Å². The van der Waals surface area contributed by atoms with Gasteiger partial charge in [-0.3, -0.25) is 19.2 Å². The molecule has 0 rings (SSSR count). The molecule has 0 aliphatic carbocycles. The monoisotopic (exact) mass is 422 g/mol. The van der Waals surface area contributed by atoms with Gasteiger partial charge in [-0.25, -0.2) is 4.79 Å². The molecule has 168 valence electrons. The van der Waals surface area contributed by atoms with Gasteiger partial charge in [0.2, 0.25) is 5.91 Å². The number of rotatable bonds is 12. The van der Waals surface area contributed by atoms with Crippen LogP contribution in [0.4, 0.5) is 0 Å². The minimum absolute atomic E-state index is 0.362. The van der Waals surface area contributed by atoms with Crippen LogP contribution in [0.15, 0.2) is 0 Å². The van der Waals surface area contributed by atoms with E-state index in [1.165, 1.54) is 0 Å². The minimum Gasteiger partial charge on any atom is -0.480 e. The number of carbonyl (C=O) groups is 5. The van der Waals surface area contributed by atoms with Gasteiger partial charge in [0.15, 0.2) is 0 Å². The molecule has 0 aromatic rings. The third-order valence-electron chi connectivity index (χ3n) is 3.10. The average molecular weight is 422 g/mol. The molecule has 0 fully saturated rings. The Bertz CT molecular complexity index is 559. The maximum atomic E-state index is 11.2. The number of esters is 3. The lowest BCUT2D eigenvalue weighted by Crippen LogP contribution is -2.39. The second-order valence-corrected chi connectivity index (χ2v) is 5.74. The molecular weight excluding hydrogens is 392 g/mol. The third kappa shape index (κ3) is 16.0. The van der Waals surface area contributed by atoms with E-state index in [4.69, 9.17) is 39.5 Å². The van der Waals surface area contributed by atoms with E-state index in [1.54, 1.807) is 0 Å². The summed E-state index contributed by atoms with van der Waals surface area (Å²) < 4.78 is 8.78. The first-order chi connectivity index (χ1) is 13.5. The molecule has 1 amide bonds. The highest BCUT2D eigenvalue weighted by Gasteiger charge is 2.20. The Hall–Kier alpha value is -2.65. The van der Waals surface area contributed by atoms with E-state index in [2.05, 4.69) is 9.47 Å². The number of primary amides is 1. The first-order valence-corrected chi connectivity index (χ1v) is 8.55. The van der Waals surface area contributed by atoms with E-state index in [-0.39, 0.29) is 13.0 Å². The van der Waals surface area contributed by atoms with Crippen LogP contribution in [0.1, 0.15) is 25.7 Å². The first-order valence-electron chi connectivity index (χ1n) is 8.55. The Morgan fingerprint density at radius 1 is 0.862 bits per heavy atom. The van der Waals surface area contributed by atoms with Crippen LogP contribution in [-0.2, 0) is 33.4 Å². The molecule has 0 aromatic heterocycles. The fourth-order valence-electron chi connectivity index (χ4n) is 1.51. The summed E-state index contributed by atoms with van der Waals surface area (Å²) in [6.07, 6.45) is 1.63. The summed E-state index contributed by atoms with van der Waals surface area (Å²) in [6.45, 7) is -0.237. The fourth-order valence-corrected chi connectivity index (χ4v) is 1.51. The second kappa shape index (κ2) is 16.3. The Balaban J connectivity index is 0. The third-order valence-corrected chi connectivity index (χ3v) is 3.10. The lowest BCUT2D eigenvalue weighted by atomic mass is 10.1. The Kier molecular flexibility index (Phi) is 16.1. The maximum Gasteiger partial charge on any atom is 0.331 e. The number of ether oxygens (including phenoxy) is 2. The van der Waals surface area contributed by atoms with Crippen LogP contribution in [-0.4, -0.2) is 72.7 Å². The van der Waals surface area contributed by atoms with Crippen LogP contribution in [0.5, 0.6) is 0 Å². The van der Waals surface area contributed by atoms with Gasteiger partial charge < -0.3 is 49.0 Å². The first kappa shape index (κ1) is 28.6. The number of amides is 1. The molecule has 0 radical (unpaired) electrons. The van der Waals surface area contributed by atoms with Gasteiger partial charge >= 0.3 is 23.9 Å². The molecule has 0 spiro atoms. The van der Waals surface area contributed by atoms with Crippen LogP contribution >= 0.6 is 0 Å². The molecular formula is C15H30N6O8. The molecule has 0 aliphatic rings. The van der Waals surface area contributed by atoms with Crippen LogP contribution in [0.25, 0.3) is 0 Å². The van der Waals surface area contributed by atoms with Gasteiger partial charge in [-0.05, 0) is 19.4 Å². The zero-order valence-electron chi connectivity index (χ0n) is 16.0. The molecule has 0 heterocycles. The minimum atomic E-state index is -1.22. The normalized spacial score (nSPS) is 13.1. The van der Waals surface area contributed by atoms with Crippen molar-refractivity contribution in [3.8, 4) is 0 Å². The van der Waals surface area contributed by atoms with Gasteiger partial charge in [-0.1, -0.05) is 6.42 Å². The van der Waals surface area contributed by atoms with E-state index in [1.807, 2.05) is 0 Å². The molecule has 0 unspecified atom stereocenters. The van der Waals surface area contributed by atoms with Crippen molar-refractivity contribution in [3.63, 3.8) is 0 Å². The summed E-state index contributed by atoms with van der Waals surface area (Å²) in [4.78, 5) is 53.2. The number of carboxylic acids is 1. The van der Waals surface area contributed by atoms with E-state index >= 15 is 0 Å². The van der Waals surface area contributed by atoms with Crippen molar-refractivity contribution in [3.05, 3.63) is 0 Å². The largest absolute Gasteiger partial charge is 0.480 e. The summed E-state index contributed by atoms with van der Waals surface area (Å²) >= 11 is 0. The standard InChI is InChI=1S/C9H19N3O4.C6H11N3O4/c10-4-2-1-3-6(11)9(15)16-5-7(12)8(13)14;7-2-5(11)13-6(12)3(8)1-4(9)10/h6-7H,1-5,10-12H2,(H,13,14);3H,1-2,7-8H2,(H2,9,10)/t6-,7-;3-/m00/s1. The SMILES string of the molecule is NCC(=O)OC(=O)[C@@H](N)CC(N)=O.NCCCC[C@H](N)C(=O)OC[C@H](N)C(=O)O. The molecule has 0 saturated carbocycles. The van der Waals surface area contributed by atoms with E-state index in [9.17, 15) is 24.0 Å². The highest BCUT2D eigenvalue weighted by molar-refractivity contribution is 5.91. The van der Waals surface area contributed by atoms with Crippen LogP contribution in [0.2, 0.25) is 0 Å². The molecule has 13 N–H and O–H groups in total. The molecule has 3 atom stereocenters. The Morgan fingerprint density at radius 3 is 1.90 bits per heavy atom. The quantitative estimate of drug-likeness (QED) is 0.0889. The number of carbonyl (C=O) groups excluding carboxylic acids is 4. The summed E-state index contributed by atoms with van der Waals surface area (Å²) in [5, 5.41) is 8.45. The number of hydrogen-bond donors (Lipinski definition) is 7. The molecule has 14 heteroatoms. The summed E-state index contributed by atoms with van der Waals surface area (Å²) in [5.74, 6) is -4.50. The van der Waals surface area contributed by atoms with E-state index in [0.29, 0.717) is 13.0 Å². The molecule has 0 aliphatic heterocycles. The lowest BCUT2D eigenvalue weighted by molar-refractivity contribution is -0.160. The highest BCUT2D eigenvalue weighted by Crippen LogP contribution is 2.00. The fraction of sp³-hybridized carbons (Fsp3) is 0.667. The predicted octanol–water partition coefficient (Wildman–Crippen LogP) is -4.38. The Labute approximate surface area is 167 Å². The second-order valence-electron chi connectivity index (χ2n) is 5.74. The molecule has 14 nitrogen and oxygen atoms in total. The van der Waals surface area contributed by atoms with Crippen LogP contribution in [0.3, 0.4) is 0 Å². The summed E-state index contributed by atoms with van der Waals surface area (Å²) in [7, 11) is 0. The van der Waals surface area contributed by atoms with Crippen molar-refractivity contribution >= 4 is 29.8 Å². The highest BCUT2D eigenvalue weighted by atomic mass is 16.6. The molecule has 0 saturated heterocycles. The number of hydrogen-bond acceptors (Lipinski definition) is 12. The average Bonchev–Trinajstić information content (AvgIpc) is 2.65. The van der Waals surface area contributed by atoms with Crippen molar-refractivity contribution in [2.24, 2.45) is 34.4 Å². The van der Waals surface area contributed by atoms with E-state index < -0.39 is 54.5 Å². The van der Waals surface area contributed by atoms with E-state index in [0.717, 1.165) is 12.8 Å². The number of aliphatic carboxylic acids is 1. The Morgan fingerprint density at radius 2 is 1.45 bits per heavy atom. The smallest absolute Gasteiger partial charge is 0.331 e. The lowest BCUT2D eigenvalue weighted by Gasteiger charge is -2.12. The summed E-state index contributed by atoms with van der Waals surface area (Å²) in [6, 6.07) is -3.17. The van der Waals surface area contributed by atoms with Crippen LogP contribution in [0, 0.1) is 0 Å². The van der Waals surface area contributed by atoms with Crippen LogP contribution < -0.4 is 34.4 Å². The molecule has 29 heavy (non-hydrogen) atoms. The number of carboxylic acid groups (broad SMARTS) is 1. The van der Waals surface area contributed by atoms with Gasteiger partial charge in [-0.2, -0.15) is 0 Å². The zero-order chi connectivity index (χ0) is 23.0. The van der Waals surface area contributed by atoms with Gasteiger partial charge in [0, 0.05) is 0 Å². The zero-order valence-corrected chi connectivity index (χ0v) is 16.0. The topological polar surface area (TPSA) is 280 Å². The number of unbranched alkanes of at least 4 members (excludes halogenated alkanes) is 1. The van der Waals surface area contributed by atoms with Crippen molar-refractivity contribution < 1.29 is 38.6 Å². The van der Waals surface area contributed by atoms with Crippen molar-refractivity contribution in [1.29, 1.82) is 0 Å². The molecule has 0 bridgehead atoms. The van der Waals surface area contributed by atoms with Crippen molar-refractivity contribution in [2.45, 2.75) is 43.8 Å².